The summed E-state index contributed by atoms with van der Waals surface area (Å²) < 4.78 is 5.22. The van der Waals surface area contributed by atoms with Crippen molar-refractivity contribution in [2.24, 2.45) is 0 Å². The summed E-state index contributed by atoms with van der Waals surface area (Å²) in [6.45, 7) is 10.8. The van der Waals surface area contributed by atoms with Crippen LogP contribution in [-0.4, -0.2) is 46.4 Å². The van der Waals surface area contributed by atoms with Crippen LogP contribution in [0.2, 0.25) is 0 Å². The molecule has 0 spiro atoms. The van der Waals surface area contributed by atoms with E-state index in [0.29, 0.717) is 24.0 Å². The molecular formula is C27H32O7. The minimum absolute atomic E-state index is 0.111. The van der Waals surface area contributed by atoms with Gasteiger partial charge in [-0.1, -0.05) is 32.4 Å². The highest BCUT2D eigenvalue weighted by Crippen LogP contribution is 2.45. The molecule has 0 amide bonds. The Morgan fingerprint density at radius 2 is 1.47 bits per heavy atom. The summed E-state index contributed by atoms with van der Waals surface area (Å²) in [6.07, 6.45) is 9.70. The van der Waals surface area contributed by atoms with Gasteiger partial charge in [0.05, 0.1) is 23.8 Å². The van der Waals surface area contributed by atoms with Gasteiger partial charge < -0.3 is 20.1 Å². The van der Waals surface area contributed by atoms with E-state index in [1.165, 1.54) is 20.1 Å². The van der Waals surface area contributed by atoms with E-state index >= 15 is 0 Å². The van der Waals surface area contributed by atoms with Gasteiger partial charge in [0.25, 0.3) is 0 Å². The second-order valence-electron chi connectivity index (χ2n) is 6.91. The first-order valence-electron chi connectivity index (χ1n) is 10.5. The minimum atomic E-state index is -0.505. The first-order valence-corrected chi connectivity index (χ1v) is 10.5. The van der Waals surface area contributed by atoms with Crippen LogP contribution in [0.4, 0.5) is 0 Å². The second kappa shape index (κ2) is 14.3. The number of phenolic OH excluding ortho intramolecular Hbond substituents is 2. The third-order valence-electron chi connectivity index (χ3n) is 4.91. The fourth-order valence-corrected chi connectivity index (χ4v) is 3.55. The Bertz CT molecular complexity index is 1060. The lowest BCUT2D eigenvalue weighted by molar-refractivity contribution is -0.119. The normalized spacial score (nSPS) is 10.7. The molecule has 0 aliphatic heterocycles. The van der Waals surface area contributed by atoms with Gasteiger partial charge in [-0.25, -0.2) is 0 Å². The summed E-state index contributed by atoms with van der Waals surface area (Å²) in [4.78, 5) is 35.6. The highest BCUT2D eigenvalue weighted by molar-refractivity contribution is 6.31. The van der Waals surface area contributed by atoms with Gasteiger partial charge in [0.2, 0.25) is 5.78 Å². The van der Waals surface area contributed by atoms with Crippen LogP contribution in [0.1, 0.15) is 70.2 Å². The van der Waals surface area contributed by atoms with Gasteiger partial charge in [-0.15, -0.1) is 26.0 Å². The maximum absolute atomic E-state index is 13.1. The number of phenols is 2. The van der Waals surface area contributed by atoms with Crippen LogP contribution in [-0.2, 0) is 17.6 Å². The van der Waals surface area contributed by atoms with Crippen molar-refractivity contribution >= 4 is 17.3 Å². The van der Waals surface area contributed by atoms with Gasteiger partial charge >= 0.3 is 0 Å². The molecule has 182 valence electrons. The molecule has 1 aliphatic rings. The van der Waals surface area contributed by atoms with E-state index in [1.807, 2.05) is 13.8 Å². The van der Waals surface area contributed by atoms with E-state index in [9.17, 15) is 24.6 Å². The number of aliphatic hydroxyl groups excluding tert-OH is 1. The van der Waals surface area contributed by atoms with Crippen LogP contribution in [0.15, 0.2) is 31.4 Å². The molecule has 0 aromatic heterocycles. The Morgan fingerprint density at radius 1 is 0.971 bits per heavy atom. The molecule has 2 aromatic carbocycles. The van der Waals surface area contributed by atoms with Gasteiger partial charge in [0.15, 0.2) is 11.6 Å². The predicted octanol–water partition coefficient (Wildman–Crippen LogP) is 4.02. The number of fused-ring (bicyclic) bond motifs is 2. The molecule has 0 fully saturated rings. The van der Waals surface area contributed by atoms with Gasteiger partial charge in [-0.3, -0.25) is 14.4 Å². The number of carbonyl (C=O) groups is 3. The molecular weight excluding hydrogens is 436 g/mol. The van der Waals surface area contributed by atoms with E-state index in [-0.39, 0.29) is 51.9 Å². The molecule has 3 N–H and O–H groups in total. The summed E-state index contributed by atoms with van der Waals surface area (Å²) in [5, 5.41) is 29.2. The smallest absolute Gasteiger partial charge is 0.202 e. The molecule has 0 bridgehead atoms. The van der Waals surface area contributed by atoms with Crippen LogP contribution in [0.3, 0.4) is 0 Å². The second-order valence-corrected chi connectivity index (χ2v) is 6.91. The number of hydrogen-bond acceptors (Lipinski definition) is 7. The number of methoxy groups -OCH3 is 1. The third kappa shape index (κ3) is 5.91. The first kappa shape index (κ1) is 30.1. The van der Waals surface area contributed by atoms with Crippen molar-refractivity contribution in [1.29, 1.82) is 0 Å². The van der Waals surface area contributed by atoms with Crippen molar-refractivity contribution in [3.8, 4) is 30.1 Å². The van der Waals surface area contributed by atoms with E-state index in [2.05, 4.69) is 26.0 Å². The summed E-state index contributed by atoms with van der Waals surface area (Å²) in [5.74, 6) is -1.31. The van der Waals surface area contributed by atoms with E-state index in [4.69, 9.17) is 9.84 Å². The number of hydrogen-bond donors (Lipinski definition) is 3. The summed E-state index contributed by atoms with van der Waals surface area (Å²) in [6, 6.07) is 4.75. The molecule has 7 heteroatoms. The Kier molecular flexibility index (Phi) is 12.7. The molecule has 2 aromatic rings. The van der Waals surface area contributed by atoms with E-state index < -0.39 is 11.6 Å². The number of aromatic hydroxyl groups is 2. The summed E-state index contributed by atoms with van der Waals surface area (Å²) in [5.41, 5.74) is 1.12. The maximum Gasteiger partial charge on any atom is 0.202 e. The largest absolute Gasteiger partial charge is 0.507 e. The fraction of sp³-hybridized carbons (Fsp3) is 0.296. The average molecular weight is 469 g/mol. The van der Waals surface area contributed by atoms with Gasteiger partial charge in [-0.05, 0) is 25.8 Å². The van der Waals surface area contributed by atoms with Crippen LogP contribution in [0.25, 0.3) is 0 Å². The topological polar surface area (TPSA) is 121 Å². The average Bonchev–Trinajstić information content (AvgIpc) is 2.87. The molecule has 0 heterocycles. The monoisotopic (exact) mass is 468 g/mol. The van der Waals surface area contributed by atoms with Crippen LogP contribution >= 0.6 is 0 Å². The Hall–Kier alpha value is -3.89. The van der Waals surface area contributed by atoms with E-state index in [0.717, 1.165) is 6.42 Å². The van der Waals surface area contributed by atoms with Crippen LogP contribution < -0.4 is 4.74 Å². The number of Topliss-reactive ketones (excluding diaryl/α,β-unsaturated/α-hetero) is 1. The molecule has 7 nitrogen and oxygen atoms in total. The van der Waals surface area contributed by atoms with Crippen molar-refractivity contribution in [1.82, 2.24) is 0 Å². The Balaban J connectivity index is 0.00000106. The zero-order valence-corrected chi connectivity index (χ0v) is 20.1. The highest BCUT2D eigenvalue weighted by Gasteiger charge is 2.38. The zero-order chi connectivity index (χ0) is 26.6. The fourth-order valence-electron chi connectivity index (χ4n) is 3.55. The number of ketones is 3. The van der Waals surface area contributed by atoms with E-state index in [1.54, 1.807) is 12.1 Å². The maximum atomic E-state index is 13.1. The van der Waals surface area contributed by atoms with Gasteiger partial charge in [-0.2, -0.15) is 0 Å². The standard InChI is InChI=1S/C20H20O5.C3H6O2.C2H4.C2H2/c1-4-7-11-10(5-2)17(21)15-16(18(11)22)20(24)14-12(19(15)23)8-6-9-13(14)25-3;1-3(5)2-4;2*1-2/h6,8-9,21-22H,4-5,7H2,1-3H3;4H,2H2,1H3;1-2H2;1-2H. The van der Waals surface area contributed by atoms with Crippen molar-refractivity contribution < 1.29 is 34.4 Å². The number of ether oxygens (including phenoxy) is 1. The number of benzene rings is 2. The van der Waals surface area contributed by atoms with Crippen molar-refractivity contribution in [2.45, 2.75) is 40.0 Å². The van der Waals surface area contributed by atoms with Gasteiger partial charge in [0.1, 0.15) is 23.9 Å². The quantitative estimate of drug-likeness (QED) is 0.294. The molecule has 1 aliphatic carbocycles. The molecule has 0 radical (unpaired) electrons. The Morgan fingerprint density at radius 3 is 1.91 bits per heavy atom. The van der Waals surface area contributed by atoms with Crippen molar-refractivity contribution in [3.05, 3.63) is 64.7 Å². The van der Waals surface area contributed by atoms with Crippen molar-refractivity contribution in [2.75, 3.05) is 13.7 Å². The van der Waals surface area contributed by atoms with Crippen LogP contribution in [0.5, 0.6) is 17.2 Å². The third-order valence-corrected chi connectivity index (χ3v) is 4.91. The number of rotatable bonds is 5. The SMILES string of the molecule is C#C.C=C.CC(=O)CO.CCCc1c(O)c2c(c(O)c1CC)C(=O)c1cccc(OC)c1C2=O. The lowest BCUT2D eigenvalue weighted by Gasteiger charge is -2.24. The zero-order valence-electron chi connectivity index (χ0n) is 20.1. The number of terminal acetylenes is 1. The molecule has 3 rings (SSSR count). The lowest BCUT2D eigenvalue weighted by atomic mass is 9.79. The lowest BCUT2D eigenvalue weighted by Crippen LogP contribution is -2.23. The predicted molar refractivity (Wildman–Crippen MR) is 132 cm³/mol. The summed E-state index contributed by atoms with van der Waals surface area (Å²) >= 11 is 0. The molecule has 0 saturated carbocycles. The molecule has 0 unspecified atom stereocenters. The highest BCUT2D eigenvalue weighted by atomic mass is 16.5. The molecule has 0 saturated heterocycles. The Labute approximate surface area is 200 Å². The van der Waals surface area contributed by atoms with Gasteiger partial charge in [0, 0.05) is 16.7 Å². The van der Waals surface area contributed by atoms with Crippen LogP contribution in [0, 0.1) is 12.8 Å². The molecule has 34 heavy (non-hydrogen) atoms. The molecule has 0 atom stereocenters. The minimum Gasteiger partial charge on any atom is -0.507 e. The summed E-state index contributed by atoms with van der Waals surface area (Å²) in [7, 11) is 1.42. The number of carbonyl (C=O) groups excluding carboxylic acids is 3. The van der Waals surface area contributed by atoms with Crippen molar-refractivity contribution in [3.63, 3.8) is 0 Å². The first-order chi connectivity index (χ1) is 16.2. The number of aliphatic hydroxyl groups is 1.